The molecule has 0 aromatic heterocycles. The van der Waals surface area contributed by atoms with Gasteiger partial charge in [0.2, 0.25) is 0 Å². The Hall–Kier alpha value is -2.31. The van der Waals surface area contributed by atoms with Gasteiger partial charge in [-0.1, -0.05) is 0 Å². The van der Waals surface area contributed by atoms with E-state index in [0.29, 0.717) is 3.63 Å². The number of hydrogen-bond donors (Lipinski definition) is 0. The molecule has 2 aliphatic carbocycles. The van der Waals surface area contributed by atoms with E-state index in [-0.39, 0.29) is 24.8 Å². The van der Waals surface area contributed by atoms with Gasteiger partial charge in [-0.05, 0) is 0 Å². The van der Waals surface area contributed by atoms with Gasteiger partial charge in [0.25, 0.3) is 0 Å². The standard InChI is InChI=1S/C21H25.C15H14.C5H5.2ClH.Zr/c1-6-7-8-18-16(5)15(4)11-20-19-10-14(3)13(2)9-17(19)12-21(18)20;1-3-8-14(9-4-1)12-7-13-15-10-5-2-6-11-15;1-2-4-5-3-1;;;/h9-12H,6-8H2,1-5H3;1-6,8-11H,12-13H2;1-3H,4H2;2*1H;/q;;;;;+2/p-2. The van der Waals surface area contributed by atoms with Crippen molar-refractivity contribution in [2.75, 3.05) is 0 Å². The summed E-state index contributed by atoms with van der Waals surface area (Å²) in [5.41, 5.74) is 16.8. The summed E-state index contributed by atoms with van der Waals surface area (Å²) in [6.07, 6.45) is 14.3. The van der Waals surface area contributed by atoms with Gasteiger partial charge in [-0.25, -0.2) is 0 Å². The zero-order valence-electron chi connectivity index (χ0n) is 26.8. The molecule has 0 fully saturated rings. The molecule has 4 aromatic carbocycles. The van der Waals surface area contributed by atoms with Crippen LogP contribution < -0.4 is 24.8 Å². The van der Waals surface area contributed by atoms with E-state index in [4.69, 9.17) is 0 Å². The van der Waals surface area contributed by atoms with Crippen LogP contribution in [0.4, 0.5) is 0 Å². The van der Waals surface area contributed by atoms with Crippen molar-refractivity contribution in [2.24, 2.45) is 0 Å². The van der Waals surface area contributed by atoms with Crippen molar-refractivity contribution >= 4 is 3.21 Å². The van der Waals surface area contributed by atoms with E-state index in [1.807, 2.05) is 3.21 Å². The van der Waals surface area contributed by atoms with E-state index in [9.17, 15) is 0 Å². The summed E-state index contributed by atoms with van der Waals surface area (Å²) in [5.74, 6) is 0. The first-order valence-corrected chi connectivity index (χ1v) is 19.7. The molecule has 2 aliphatic rings. The number of allylic oxidation sites excluding steroid dienone is 4. The molecule has 44 heavy (non-hydrogen) atoms. The van der Waals surface area contributed by atoms with Crippen LogP contribution in [0.2, 0.25) is 0 Å². The number of benzene rings is 4. The summed E-state index contributed by atoms with van der Waals surface area (Å²) in [6.45, 7) is 11.7. The third-order valence-corrected chi connectivity index (χ3v) is 17.9. The summed E-state index contributed by atoms with van der Waals surface area (Å²) in [7, 11) is 0. The molecule has 4 aromatic rings. The molecular formula is C41H44Cl2Zr. The molecule has 0 saturated heterocycles. The van der Waals surface area contributed by atoms with Gasteiger partial charge in [0.15, 0.2) is 0 Å². The molecular weight excluding hydrogens is 655 g/mol. The molecule has 0 nitrogen and oxygen atoms in total. The van der Waals surface area contributed by atoms with Crippen LogP contribution in [0.3, 0.4) is 0 Å². The topological polar surface area (TPSA) is 0 Å². The fourth-order valence-electron chi connectivity index (χ4n) is 7.20. The van der Waals surface area contributed by atoms with Crippen molar-refractivity contribution in [2.45, 2.75) is 76.8 Å². The Bertz CT molecular complexity index is 1670. The zero-order valence-corrected chi connectivity index (χ0v) is 30.8. The van der Waals surface area contributed by atoms with Gasteiger partial charge in [0.05, 0.1) is 0 Å². The summed E-state index contributed by atoms with van der Waals surface area (Å²) < 4.78 is 4.11. The van der Waals surface area contributed by atoms with Gasteiger partial charge in [-0.15, -0.1) is 0 Å². The summed E-state index contributed by atoms with van der Waals surface area (Å²) in [6, 6.07) is 30.2. The van der Waals surface area contributed by atoms with E-state index in [1.165, 1.54) is 63.8 Å². The monoisotopic (exact) mass is 696 g/mol. The second-order valence-electron chi connectivity index (χ2n) is 12.5. The predicted molar refractivity (Wildman–Crippen MR) is 178 cm³/mol. The van der Waals surface area contributed by atoms with E-state index in [0.717, 1.165) is 19.3 Å². The molecule has 1 atom stereocenters. The van der Waals surface area contributed by atoms with Crippen LogP contribution >= 0.6 is 0 Å². The van der Waals surface area contributed by atoms with Crippen LogP contribution in [0, 0.1) is 27.7 Å². The van der Waals surface area contributed by atoms with E-state index in [1.54, 1.807) is 20.0 Å². The zero-order chi connectivity index (χ0) is 29.2. The molecule has 0 aliphatic heterocycles. The maximum atomic E-state index is 2.59. The Morgan fingerprint density at radius 1 is 0.750 bits per heavy atom. The number of halogens is 2. The van der Waals surface area contributed by atoms with Gasteiger partial charge in [0.1, 0.15) is 0 Å². The minimum absolute atomic E-state index is 0. The van der Waals surface area contributed by atoms with Crippen molar-refractivity contribution in [1.82, 2.24) is 0 Å². The van der Waals surface area contributed by atoms with Crippen LogP contribution in [0.1, 0.15) is 79.9 Å². The maximum Gasteiger partial charge on any atom is -1.00 e. The molecule has 0 saturated carbocycles. The third kappa shape index (κ3) is 6.92. The van der Waals surface area contributed by atoms with Crippen molar-refractivity contribution < 1.29 is 46.1 Å². The Labute approximate surface area is 285 Å². The van der Waals surface area contributed by atoms with Crippen molar-refractivity contribution in [3.63, 3.8) is 0 Å². The quantitative estimate of drug-likeness (QED) is 0.243. The second-order valence-corrected chi connectivity index (χ2v) is 19.3. The van der Waals surface area contributed by atoms with Crippen LogP contribution in [0.25, 0.3) is 11.1 Å². The first-order chi connectivity index (χ1) is 20.5. The molecule has 1 unspecified atom stereocenters. The molecule has 6 rings (SSSR count). The van der Waals surface area contributed by atoms with Gasteiger partial charge in [-0.2, -0.15) is 0 Å². The molecule has 0 amide bonds. The Kier molecular flexibility index (Phi) is 12.0. The van der Waals surface area contributed by atoms with Crippen LogP contribution in [-0.2, 0) is 40.5 Å². The number of fused-ring (bicyclic) bond motifs is 3. The molecule has 0 radical (unpaired) electrons. The molecule has 0 N–H and O–H groups in total. The van der Waals surface area contributed by atoms with Crippen LogP contribution in [-0.4, -0.2) is 3.21 Å². The van der Waals surface area contributed by atoms with E-state index >= 15 is 0 Å². The smallest absolute Gasteiger partial charge is 1.00 e. The average molecular weight is 699 g/mol. The Balaban J connectivity index is 0.00000221. The summed E-state index contributed by atoms with van der Waals surface area (Å²) in [5, 5.41) is 0. The third-order valence-electron chi connectivity index (χ3n) is 9.66. The summed E-state index contributed by atoms with van der Waals surface area (Å²) >= 11 is -2.53. The molecule has 0 bridgehead atoms. The van der Waals surface area contributed by atoms with Crippen molar-refractivity contribution in [3.05, 3.63) is 150 Å². The van der Waals surface area contributed by atoms with Crippen molar-refractivity contribution in [3.8, 4) is 11.1 Å². The van der Waals surface area contributed by atoms with Gasteiger partial charge in [-0.3, -0.25) is 0 Å². The Morgan fingerprint density at radius 3 is 1.91 bits per heavy atom. The Morgan fingerprint density at radius 2 is 1.34 bits per heavy atom. The largest absolute Gasteiger partial charge is 1.00 e. The van der Waals surface area contributed by atoms with Crippen LogP contribution in [0.15, 0.2) is 100 Å². The molecule has 3 heteroatoms. The minimum Gasteiger partial charge on any atom is -1.00 e. The van der Waals surface area contributed by atoms with Crippen molar-refractivity contribution in [1.29, 1.82) is 0 Å². The van der Waals surface area contributed by atoms with Gasteiger partial charge in [0, 0.05) is 0 Å². The number of aryl methyl sites for hydroxylation is 3. The fourth-order valence-corrected chi connectivity index (χ4v) is 16.6. The number of unbranched alkanes of at least 4 members (excludes halogenated alkanes) is 1. The van der Waals surface area contributed by atoms with Crippen LogP contribution in [0.5, 0.6) is 0 Å². The first kappa shape index (κ1) is 34.6. The van der Waals surface area contributed by atoms with Gasteiger partial charge < -0.3 is 24.8 Å². The number of rotatable bonds is 9. The molecule has 0 spiro atoms. The second kappa shape index (κ2) is 15.3. The average Bonchev–Trinajstić information content (AvgIpc) is 3.62. The number of hydrogen-bond acceptors (Lipinski definition) is 0. The molecule has 0 heterocycles. The predicted octanol–water partition coefficient (Wildman–Crippen LogP) is 4.46. The van der Waals surface area contributed by atoms with Gasteiger partial charge >= 0.3 is 263 Å². The normalized spacial score (nSPS) is 14.1. The molecule has 226 valence electrons. The fraction of sp³-hybridized carbons (Fsp3) is 0.293. The first-order valence-electron chi connectivity index (χ1n) is 15.9. The van der Waals surface area contributed by atoms with E-state index in [2.05, 4.69) is 132 Å². The minimum atomic E-state index is -2.53. The van der Waals surface area contributed by atoms with E-state index < -0.39 is 21.3 Å². The SMILES string of the molecule is CCCCc1c(C)c(C)cc2c1[CH]([Zr+2]([C]1=CC=CC1)=[C](Cc1ccccc1)Cc1ccccc1)c1cc(C)c(C)cc1-2.[Cl-].[Cl-]. The maximum absolute atomic E-state index is 2.59. The summed E-state index contributed by atoms with van der Waals surface area (Å²) in [4.78, 5) is 0.